The highest BCUT2D eigenvalue weighted by atomic mass is 16.6. The van der Waals surface area contributed by atoms with Crippen molar-refractivity contribution in [1.82, 2.24) is 5.43 Å². The Morgan fingerprint density at radius 1 is 0.968 bits per heavy atom. The maximum Gasteiger partial charge on any atom is 0.271 e. The van der Waals surface area contributed by atoms with Gasteiger partial charge >= 0.3 is 0 Å². The molecule has 3 rings (SSSR count). The molecule has 156 valence electrons. The number of non-ortho nitro benzene ring substituents is 1. The summed E-state index contributed by atoms with van der Waals surface area (Å²) in [6.07, 6.45) is 4.52. The second kappa shape index (κ2) is 9.23. The van der Waals surface area contributed by atoms with Crippen molar-refractivity contribution in [1.29, 1.82) is 0 Å². The van der Waals surface area contributed by atoms with Crippen LogP contribution in [0.15, 0.2) is 65.8 Å². The molecule has 4 N–H and O–H groups in total. The van der Waals surface area contributed by atoms with Crippen molar-refractivity contribution >= 4 is 30.0 Å². The molecule has 0 aliphatic carbocycles. The molecule has 0 saturated carbocycles. The smallest absolute Gasteiger partial charge is 0.271 e. The molecule has 0 spiro atoms. The summed E-state index contributed by atoms with van der Waals surface area (Å²) < 4.78 is 0. The fraction of sp³-hybridized carbons (Fsp3) is 0. The molecule has 0 radical (unpaired) electrons. The van der Waals surface area contributed by atoms with Gasteiger partial charge in [0, 0.05) is 29.3 Å². The minimum absolute atomic E-state index is 0.0497. The van der Waals surface area contributed by atoms with Crippen LogP contribution in [0.5, 0.6) is 17.2 Å². The topological polar surface area (TPSA) is 145 Å². The van der Waals surface area contributed by atoms with Crippen molar-refractivity contribution in [2.45, 2.75) is 0 Å². The number of nitro groups is 1. The molecule has 3 aromatic carbocycles. The summed E-state index contributed by atoms with van der Waals surface area (Å²) in [5.74, 6) is -0.974. The van der Waals surface area contributed by atoms with Crippen LogP contribution in [0.1, 0.15) is 27.0 Å². The first-order valence-corrected chi connectivity index (χ1v) is 8.94. The number of phenols is 3. The predicted molar refractivity (Wildman–Crippen MR) is 115 cm³/mol. The quantitative estimate of drug-likeness (QED) is 0.208. The van der Waals surface area contributed by atoms with E-state index in [1.54, 1.807) is 24.3 Å². The van der Waals surface area contributed by atoms with Gasteiger partial charge < -0.3 is 15.3 Å². The van der Waals surface area contributed by atoms with Crippen LogP contribution in [0.3, 0.4) is 0 Å². The molecular weight excluding hydrogens is 402 g/mol. The summed E-state index contributed by atoms with van der Waals surface area (Å²) in [4.78, 5) is 22.4. The molecule has 1 amide bonds. The van der Waals surface area contributed by atoms with E-state index in [0.717, 1.165) is 17.7 Å². The molecule has 0 heterocycles. The molecule has 9 nitrogen and oxygen atoms in total. The van der Waals surface area contributed by atoms with Crippen LogP contribution >= 0.6 is 0 Å². The van der Waals surface area contributed by atoms with Gasteiger partial charge in [0.1, 0.15) is 17.2 Å². The highest BCUT2D eigenvalue weighted by Gasteiger charge is 2.11. The van der Waals surface area contributed by atoms with Crippen molar-refractivity contribution in [3.05, 3.63) is 93.0 Å². The third kappa shape index (κ3) is 5.45. The van der Waals surface area contributed by atoms with Gasteiger partial charge in [0.15, 0.2) is 0 Å². The van der Waals surface area contributed by atoms with E-state index in [9.17, 15) is 30.2 Å². The van der Waals surface area contributed by atoms with Gasteiger partial charge in [0.25, 0.3) is 11.6 Å². The van der Waals surface area contributed by atoms with Gasteiger partial charge in [-0.05, 0) is 35.4 Å². The number of hydrazone groups is 1. The number of rotatable bonds is 6. The number of phenolic OH excluding ortho intramolecular Hbond substituents is 3. The summed E-state index contributed by atoms with van der Waals surface area (Å²) in [5.41, 5.74) is 3.48. The SMILES string of the molecule is O=C(N/N=C\c1c(O)cc(O)cc1/C=C/c1ccc(O)cc1)c1cccc([N+](=O)[O-])c1. The lowest BCUT2D eigenvalue weighted by atomic mass is 10.0. The second-order valence-electron chi connectivity index (χ2n) is 6.40. The number of hydrogen-bond donors (Lipinski definition) is 4. The number of nitro benzene ring substituents is 1. The van der Waals surface area contributed by atoms with Gasteiger partial charge in [0.05, 0.1) is 11.1 Å². The van der Waals surface area contributed by atoms with Gasteiger partial charge in [-0.2, -0.15) is 5.10 Å². The molecular formula is C22H17N3O6. The summed E-state index contributed by atoms with van der Waals surface area (Å²) in [6, 6.07) is 14.1. The maximum absolute atomic E-state index is 12.2. The second-order valence-corrected chi connectivity index (χ2v) is 6.40. The first-order chi connectivity index (χ1) is 14.8. The van der Waals surface area contributed by atoms with E-state index in [4.69, 9.17) is 0 Å². The Labute approximate surface area is 176 Å². The molecule has 31 heavy (non-hydrogen) atoms. The zero-order chi connectivity index (χ0) is 22.4. The number of carbonyl (C=O) groups is 1. The molecule has 0 aliphatic rings. The van der Waals surface area contributed by atoms with Crippen LogP contribution in [0.25, 0.3) is 12.2 Å². The third-order valence-corrected chi connectivity index (χ3v) is 4.20. The Bertz CT molecular complexity index is 1190. The van der Waals surface area contributed by atoms with Crippen LogP contribution in [0, 0.1) is 10.1 Å². The van der Waals surface area contributed by atoms with E-state index in [1.807, 2.05) is 0 Å². The summed E-state index contributed by atoms with van der Waals surface area (Å²) >= 11 is 0. The minimum Gasteiger partial charge on any atom is -0.508 e. The van der Waals surface area contributed by atoms with Crippen molar-refractivity contribution in [3.63, 3.8) is 0 Å². The number of amides is 1. The number of aromatic hydroxyl groups is 3. The summed E-state index contributed by atoms with van der Waals surface area (Å²) in [6.45, 7) is 0. The van der Waals surface area contributed by atoms with Gasteiger partial charge in [-0.3, -0.25) is 14.9 Å². The average molecular weight is 419 g/mol. The molecule has 0 bridgehead atoms. The lowest BCUT2D eigenvalue weighted by Gasteiger charge is -2.06. The van der Waals surface area contributed by atoms with Crippen LogP contribution in [-0.4, -0.2) is 32.4 Å². The fourth-order valence-corrected chi connectivity index (χ4v) is 2.68. The lowest BCUT2D eigenvalue weighted by Crippen LogP contribution is -2.17. The molecule has 0 unspecified atom stereocenters. The number of carbonyl (C=O) groups excluding carboxylic acids is 1. The van der Waals surface area contributed by atoms with Crippen LogP contribution in [0.4, 0.5) is 5.69 Å². The highest BCUT2D eigenvalue weighted by Crippen LogP contribution is 2.27. The maximum atomic E-state index is 12.2. The summed E-state index contributed by atoms with van der Waals surface area (Å²) in [5, 5.41) is 44.0. The van der Waals surface area contributed by atoms with E-state index in [1.165, 1.54) is 42.6 Å². The van der Waals surface area contributed by atoms with Crippen LogP contribution in [-0.2, 0) is 0 Å². The van der Waals surface area contributed by atoms with Crippen molar-refractivity contribution in [3.8, 4) is 17.2 Å². The van der Waals surface area contributed by atoms with Crippen molar-refractivity contribution < 1.29 is 25.0 Å². The molecule has 0 atom stereocenters. The van der Waals surface area contributed by atoms with E-state index >= 15 is 0 Å². The Hall–Kier alpha value is -4.66. The molecule has 0 saturated heterocycles. The van der Waals surface area contributed by atoms with Crippen molar-refractivity contribution in [2.24, 2.45) is 5.10 Å². The molecule has 0 aliphatic heterocycles. The number of benzene rings is 3. The Balaban J connectivity index is 1.81. The number of nitrogens with one attached hydrogen (secondary N) is 1. The van der Waals surface area contributed by atoms with Gasteiger partial charge in [-0.25, -0.2) is 5.43 Å². The van der Waals surface area contributed by atoms with E-state index < -0.39 is 10.8 Å². The van der Waals surface area contributed by atoms with Gasteiger partial charge in [-0.1, -0.05) is 30.4 Å². The largest absolute Gasteiger partial charge is 0.508 e. The minimum atomic E-state index is -0.667. The first-order valence-electron chi connectivity index (χ1n) is 8.94. The molecule has 0 fully saturated rings. The number of hydrogen-bond acceptors (Lipinski definition) is 7. The van der Waals surface area contributed by atoms with E-state index in [2.05, 4.69) is 10.5 Å². The van der Waals surface area contributed by atoms with Crippen LogP contribution in [0.2, 0.25) is 0 Å². The molecule has 0 aromatic heterocycles. The van der Waals surface area contributed by atoms with Crippen LogP contribution < -0.4 is 5.43 Å². The van der Waals surface area contributed by atoms with E-state index in [-0.39, 0.29) is 34.1 Å². The normalized spacial score (nSPS) is 11.1. The Morgan fingerprint density at radius 2 is 1.71 bits per heavy atom. The molecule has 9 heteroatoms. The van der Waals surface area contributed by atoms with Crippen molar-refractivity contribution in [2.75, 3.05) is 0 Å². The zero-order valence-electron chi connectivity index (χ0n) is 16.0. The van der Waals surface area contributed by atoms with Gasteiger partial charge in [0.2, 0.25) is 0 Å². The average Bonchev–Trinajstić information content (AvgIpc) is 2.74. The zero-order valence-corrected chi connectivity index (χ0v) is 16.0. The third-order valence-electron chi connectivity index (χ3n) is 4.20. The fourth-order valence-electron chi connectivity index (χ4n) is 2.68. The predicted octanol–water partition coefficient (Wildman–Crippen LogP) is 3.65. The highest BCUT2D eigenvalue weighted by molar-refractivity contribution is 5.96. The lowest BCUT2D eigenvalue weighted by molar-refractivity contribution is -0.384. The first kappa shape index (κ1) is 21.1. The Kier molecular flexibility index (Phi) is 6.27. The van der Waals surface area contributed by atoms with Gasteiger partial charge in [-0.15, -0.1) is 0 Å². The number of nitrogens with zero attached hydrogens (tertiary/aromatic N) is 2. The standard InChI is InChI=1S/C22H17N3O6/c26-18-8-5-14(6-9-18)4-7-15-11-19(27)12-21(28)20(15)13-23-24-22(29)16-2-1-3-17(10-16)25(30)31/h1-13,26-28H,(H,24,29)/b7-4+,23-13-. The Morgan fingerprint density at radius 3 is 2.42 bits per heavy atom. The summed E-state index contributed by atoms with van der Waals surface area (Å²) in [7, 11) is 0. The van der Waals surface area contributed by atoms with E-state index in [0.29, 0.717) is 5.56 Å². The molecule has 3 aromatic rings. The monoisotopic (exact) mass is 419 g/mol.